The molecule has 0 heterocycles. The van der Waals surface area contributed by atoms with Crippen molar-refractivity contribution in [3.05, 3.63) is 0 Å². The van der Waals surface area contributed by atoms with Crippen LogP contribution in [-0.2, 0) is 9.59 Å². The lowest BCUT2D eigenvalue weighted by molar-refractivity contribution is -0.126. The standard InChI is InChI=1S/C26H51N3O2/c1-5-29(6-2)20-16-19-27-24(30)21-26(3,4)22-25(31)28-23-17-14-12-10-8-7-9-11-13-15-18-23/h23H,5-22H2,1-4H3,(H,27,30)(H,28,31). The summed E-state index contributed by atoms with van der Waals surface area (Å²) in [5.41, 5.74) is -0.321. The number of amides is 2. The van der Waals surface area contributed by atoms with E-state index in [4.69, 9.17) is 0 Å². The molecule has 0 atom stereocenters. The molecule has 0 bridgehead atoms. The zero-order chi connectivity index (χ0) is 23.0. The first kappa shape index (κ1) is 27.9. The van der Waals surface area contributed by atoms with Gasteiger partial charge in [0.15, 0.2) is 0 Å². The number of hydrogen-bond acceptors (Lipinski definition) is 3. The zero-order valence-electron chi connectivity index (χ0n) is 21.1. The number of nitrogens with zero attached hydrogens (tertiary/aromatic N) is 1. The van der Waals surface area contributed by atoms with Crippen LogP contribution in [-0.4, -0.2) is 48.9 Å². The molecule has 1 fully saturated rings. The van der Waals surface area contributed by atoms with Gasteiger partial charge in [0.05, 0.1) is 0 Å². The summed E-state index contributed by atoms with van der Waals surface area (Å²) >= 11 is 0. The molecule has 2 amide bonds. The van der Waals surface area contributed by atoms with E-state index in [0.29, 0.717) is 25.4 Å². The molecular formula is C26H51N3O2. The summed E-state index contributed by atoms with van der Waals surface area (Å²) in [6.45, 7) is 12.2. The highest BCUT2D eigenvalue weighted by atomic mass is 16.2. The molecule has 31 heavy (non-hydrogen) atoms. The number of hydrogen-bond donors (Lipinski definition) is 2. The fourth-order valence-electron chi connectivity index (χ4n) is 4.65. The van der Waals surface area contributed by atoms with Crippen molar-refractivity contribution >= 4 is 11.8 Å². The summed E-state index contributed by atoms with van der Waals surface area (Å²) in [4.78, 5) is 27.5. The van der Waals surface area contributed by atoms with Crippen molar-refractivity contribution in [3.63, 3.8) is 0 Å². The Morgan fingerprint density at radius 1 is 0.806 bits per heavy atom. The maximum Gasteiger partial charge on any atom is 0.220 e. The van der Waals surface area contributed by atoms with Gasteiger partial charge in [-0.25, -0.2) is 0 Å². The van der Waals surface area contributed by atoms with Gasteiger partial charge in [-0.05, 0) is 44.3 Å². The van der Waals surface area contributed by atoms with Crippen LogP contribution in [0.15, 0.2) is 0 Å². The lowest BCUT2D eigenvalue weighted by atomic mass is 9.84. The normalized spacial score (nSPS) is 17.6. The second-order valence-corrected chi connectivity index (χ2v) is 10.3. The Balaban J connectivity index is 2.35. The fraction of sp³-hybridized carbons (Fsp3) is 0.923. The molecule has 1 aliphatic carbocycles. The average Bonchev–Trinajstić information content (AvgIpc) is 2.69. The van der Waals surface area contributed by atoms with Crippen molar-refractivity contribution in [2.24, 2.45) is 5.41 Å². The number of carbonyl (C=O) groups excluding carboxylic acids is 2. The molecule has 0 aliphatic heterocycles. The first-order valence-corrected chi connectivity index (χ1v) is 13.1. The van der Waals surface area contributed by atoms with E-state index in [0.717, 1.165) is 38.9 Å². The van der Waals surface area contributed by atoms with Crippen molar-refractivity contribution in [1.29, 1.82) is 0 Å². The summed E-state index contributed by atoms with van der Waals surface area (Å²) in [5, 5.41) is 6.34. The molecule has 0 aromatic rings. The monoisotopic (exact) mass is 437 g/mol. The van der Waals surface area contributed by atoms with Crippen molar-refractivity contribution in [1.82, 2.24) is 15.5 Å². The minimum Gasteiger partial charge on any atom is -0.356 e. The SMILES string of the molecule is CCN(CC)CCCNC(=O)CC(C)(C)CC(=O)NC1CCCCCCCCCCC1. The Morgan fingerprint density at radius 3 is 1.81 bits per heavy atom. The highest BCUT2D eigenvalue weighted by Crippen LogP contribution is 2.25. The number of carbonyl (C=O) groups is 2. The predicted molar refractivity (Wildman–Crippen MR) is 131 cm³/mol. The lowest BCUT2D eigenvalue weighted by Crippen LogP contribution is -2.39. The summed E-state index contributed by atoms with van der Waals surface area (Å²) in [5.74, 6) is 0.166. The first-order chi connectivity index (χ1) is 14.9. The van der Waals surface area contributed by atoms with Gasteiger partial charge in [-0.15, -0.1) is 0 Å². The highest BCUT2D eigenvalue weighted by Gasteiger charge is 2.26. The highest BCUT2D eigenvalue weighted by molar-refractivity contribution is 5.80. The molecule has 0 unspecified atom stereocenters. The predicted octanol–water partition coefficient (Wildman–Crippen LogP) is 5.43. The number of nitrogens with one attached hydrogen (secondary N) is 2. The van der Waals surface area contributed by atoms with Crippen LogP contribution in [0.3, 0.4) is 0 Å². The average molecular weight is 438 g/mol. The van der Waals surface area contributed by atoms with E-state index >= 15 is 0 Å². The van der Waals surface area contributed by atoms with Crippen LogP contribution in [0, 0.1) is 5.41 Å². The Kier molecular flexibility index (Phi) is 14.9. The fourth-order valence-corrected chi connectivity index (χ4v) is 4.65. The minimum absolute atomic E-state index is 0.0587. The van der Waals surface area contributed by atoms with E-state index in [9.17, 15) is 9.59 Å². The quantitative estimate of drug-likeness (QED) is 0.424. The third-order valence-electron chi connectivity index (χ3n) is 6.62. The van der Waals surface area contributed by atoms with Crippen LogP contribution in [0.5, 0.6) is 0 Å². The molecule has 0 saturated heterocycles. The maximum absolute atomic E-state index is 12.7. The molecule has 182 valence electrons. The number of rotatable bonds is 11. The Labute approximate surface area is 192 Å². The van der Waals surface area contributed by atoms with E-state index in [2.05, 4.69) is 29.4 Å². The molecule has 0 aromatic carbocycles. The van der Waals surface area contributed by atoms with E-state index in [-0.39, 0.29) is 17.2 Å². The van der Waals surface area contributed by atoms with Gasteiger partial charge < -0.3 is 15.5 Å². The van der Waals surface area contributed by atoms with Gasteiger partial charge in [-0.3, -0.25) is 9.59 Å². The van der Waals surface area contributed by atoms with Crippen LogP contribution in [0.4, 0.5) is 0 Å². The van der Waals surface area contributed by atoms with E-state index in [1.54, 1.807) is 0 Å². The zero-order valence-corrected chi connectivity index (χ0v) is 21.1. The van der Waals surface area contributed by atoms with Crippen LogP contribution < -0.4 is 10.6 Å². The Bertz CT molecular complexity index is 477. The molecule has 1 saturated carbocycles. The maximum atomic E-state index is 12.7. The Hall–Kier alpha value is -1.10. The van der Waals surface area contributed by atoms with Gasteiger partial charge in [0.2, 0.25) is 11.8 Å². The smallest absolute Gasteiger partial charge is 0.220 e. The van der Waals surface area contributed by atoms with Gasteiger partial charge in [0.1, 0.15) is 0 Å². The van der Waals surface area contributed by atoms with Crippen molar-refractivity contribution in [2.45, 2.75) is 124 Å². The van der Waals surface area contributed by atoms with Crippen molar-refractivity contribution < 1.29 is 9.59 Å². The molecule has 0 aromatic heterocycles. The summed E-state index contributed by atoms with van der Waals surface area (Å²) in [7, 11) is 0. The molecule has 5 nitrogen and oxygen atoms in total. The van der Waals surface area contributed by atoms with Gasteiger partial charge in [0, 0.05) is 25.4 Å². The minimum atomic E-state index is -0.321. The van der Waals surface area contributed by atoms with Crippen LogP contribution in [0.2, 0.25) is 0 Å². The lowest BCUT2D eigenvalue weighted by Gasteiger charge is -2.26. The van der Waals surface area contributed by atoms with Crippen molar-refractivity contribution in [2.75, 3.05) is 26.2 Å². The van der Waals surface area contributed by atoms with Crippen molar-refractivity contribution in [3.8, 4) is 0 Å². The molecule has 5 heteroatoms. The van der Waals surface area contributed by atoms with Gasteiger partial charge in [-0.1, -0.05) is 85.5 Å². The van der Waals surface area contributed by atoms with E-state index in [1.165, 1.54) is 57.8 Å². The van der Waals surface area contributed by atoms with Crippen LogP contribution in [0.1, 0.15) is 118 Å². The summed E-state index contributed by atoms with van der Waals surface area (Å²) in [6.07, 6.45) is 15.7. The van der Waals surface area contributed by atoms with E-state index in [1.807, 2.05) is 13.8 Å². The van der Waals surface area contributed by atoms with Crippen LogP contribution in [0.25, 0.3) is 0 Å². The molecule has 1 rings (SSSR count). The Morgan fingerprint density at radius 2 is 1.29 bits per heavy atom. The van der Waals surface area contributed by atoms with Gasteiger partial charge in [-0.2, -0.15) is 0 Å². The molecule has 0 spiro atoms. The third-order valence-corrected chi connectivity index (χ3v) is 6.62. The first-order valence-electron chi connectivity index (χ1n) is 13.1. The largest absolute Gasteiger partial charge is 0.356 e. The summed E-state index contributed by atoms with van der Waals surface area (Å²) < 4.78 is 0. The molecule has 2 N–H and O–H groups in total. The van der Waals surface area contributed by atoms with Crippen LogP contribution >= 0.6 is 0 Å². The molecule has 0 radical (unpaired) electrons. The third kappa shape index (κ3) is 14.6. The molecular weight excluding hydrogens is 386 g/mol. The van der Waals surface area contributed by atoms with Gasteiger partial charge >= 0.3 is 0 Å². The topological polar surface area (TPSA) is 61.4 Å². The van der Waals surface area contributed by atoms with E-state index < -0.39 is 0 Å². The van der Waals surface area contributed by atoms with Gasteiger partial charge in [0.25, 0.3) is 0 Å². The second kappa shape index (κ2) is 16.5. The molecule has 1 aliphatic rings. The summed E-state index contributed by atoms with van der Waals surface area (Å²) in [6, 6.07) is 0.302. The second-order valence-electron chi connectivity index (χ2n) is 10.3.